The summed E-state index contributed by atoms with van der Waals surface area (Å²) in [5, 5.41) is 49.3. The number of carbonyl (C=O) groups is 4. The predicted octanol–water partition coefficient (Wildman–Crippen LogP) is -0.735. The molecule has 0 aliphatic carbocycles. The number of phenolic OH excluding ortho intramolecular Hbond substituents is 2. The fourth-order valence-electron chi connectivity index (χ4n) is 4.38. The number of nitrogens with one attached hydrogen (secondary N) is 1. The molecule has 2 atom stereocenters. The Kier molecular flexibility index (Phi) is 7.61. The smallest absolute Gasteiger partial charge is 0.350 e. The van der Waals surface area contributed by atoms with E-state index in [1.54, 1.807) is 23.0 Å². The number of aromatic nitrogens is 2. The standard InChI is InChI=1S/C26H24N6O9S2/c1-26(2,24(39)40)41-30-17(14-10-43-25(27)28-14)20(35)29-18-21(36)32-19(23(37)38)13(9-42-22(18)32)8-31-4-3-11-5-15(33)16(34)6-12(11)7-31/h3-7,10,18,22H,8-9H2,1-2H3,(H6,27,28,29,34,35,37,38,39,40)/t18-,22-/m1/s1. The minimum atomic E-state index is -1.79. The minimum absolute atomic E-state index is 0.00494. The molecule has 0 radical (unpaired) electrons. The van der Waals surface area contributed by atoms with Crippen molar-refractivity contribution in [2.24, 2.45) is 5.16 Å². The van der Waals surface area contributed by atoms with Crippen molar-refractivity contribution in [1.29, 1.82) is 0 Å². The molecule has 4 heterocycles. The molecule has 15 nitrogen and oxygen atoms in total. The quantitative estimate of drug-likeness (QED) is 0.0649. The minimum Gasteiger partial charge on any atom is -0.543 e. The van der Waals surface area contributed by atoms with Gasteiger partial charge in [0, 0.05) is 28.2 Å². The second-order valence-corrected chi connectivity index (χ2v) is 12.1. The van der Waals surface area contributed by atoms with Crippen molar-refractivity contribution in [3.8, 4) is 11.5 Å². The summed E-state index contributed by atoms with van der Waals surface area (Å²) in [4.78, 5) is 60.2. The number of carboxylic acids is 2. The Morgan fingerprint density at radius 2 is 1.98 bits per heavy atom. The van der Waals surface area contributed by atoms with E-state index in [-0.39, 0.29) is 40.3 Å². The average molecular weight is 629 g/mol. The Hall–Kier alpha value is -4.90. The molecular formula is C26H24N6O9S2. The SMILES string of the molecule is CC(C)(ON=C(C(=O)N[C@@H]1C(=O)N2C(C(=O)[O-])=C(C[n+]3ccc4cc(O)c(O)cc4c3)CS[C@H]12)c1csc(N)n1)C(=O)O. The van der Waals surface area contributed by atoms with Gasteiger partial charge in [-0.3, -0.25) is 14.5 Å². The number of carboxylic acid groups (broad SMARTS) is 2. The van der Waals surface area contributed by atoms with Crippen molar-refractivity contribution < 1.29 is 49.0 Å². The molecule has 2 amide bonds. The fourth-order valence-corrected chi connectivity index (χ4v) is 6.27. The molecule has 2 aromatic heterocycles. The number of carbonyl (C=O) groups excluding carboxylic acids is 3. The molecule has 0 spiro atoms. The van der Waals surface area contributed by atoms with Crippen LogP contribution in [0, 0.1) is 0 Å². The lowest BCUT2D eigenvalue weighted by atomic mass is 10.0. The molecule has 0 saturated carbocycles. The highest BCUT2D eigenvalue weighted by atomic mass is 32.2. The van der Waals surface area contributed by atoms with Gasteiger partial charge in [0.2, 0.25) is 5.60 Å². The van der Waals surface area contributed by atoms with E-state index >= 15 is 0 Å². The summed E-state index contributed by atoms with van der Waals surface area (Å²) in [6, 6.07) is 3.32. The number of nitrogens with zero attached hydrogens (tertiary/aromatic N) is 4. The van der Waals surface area contributed by atoms with Crippen LogP contribution in [0.4, 0.5) is 5.13 Å². The van der Waals surface area contributed by atoms with Crippen molar-refractivity contribution >= 4 is 68.5 Å². The van der Waals surface area contributed by atoms with Crippen molar-refractivity contribution in [3.05, 3.63) is 52.9 Å². The van der Waals surface area contributed by atoms with E-state index in [0.29, 0.717) is 16.3 Å². The number of aromatic hydroxyl groups is 2. The first-order valence-corrected chi connectivity index (χ1v) is 14.4. The zero-order chi connectivity index (χ0) is 31.2. The van der Waals surface area contributed by atoms with Gasteiger partial charge < -0.3 is 41.1 Å². The van der Waals surface area contributed by atoms with Gasteiger partial charge in [-0.15, -0.1) is 23.1 Å². The van der Waals surface area contributed by atoms with Gasteiger partial charge in [-0.1, -0.05) is 5.16 Å². The number of amides is 2. The molecule has 2 aliphatic heterocycles. The van der Waals surface area contributed by atoms with Gasteiger partial charge in [-0.25, -0.2) is 14.3 Å². The maximum absolute atomic E-state index is 13.2. The number of pyridine rings is 1. The van der Waals surface area contributed by atoms with Crippen LogP contribution in [0.25, 0.3) is 10.8 Å². The Bertz CT molecular complexity index is 1750. The van der Waals surface area contributed by atoms with E-state index in [1.807, 2.05) is 0 Å². The van der Waals surface area contributed by atoms with Crippen LogP contribution in [0.5, 0.6) is 11.5 Å². The third-order valence-electron chi connectivity index (χ3n) is 6.69. The number of hydrogen-bond acceptors (Lipinski definition) is 13. The van der Waals surface area contributed by atoms with E-state index in [9.17, 15) is 39.6 Å². The van der Waals surface area contributed by atoms with Crippen molar-refractivity contribution in [2.45, 2.75) is 37.4 Å². The van der Waals surface area contributed by atoms with E-state index in [1.165, 1.54) is 43.1 Å². The molecule has 1 aromatic carbocycles. The predicted molar refractivity (Wildman–Crippen MR) is 150 cm³/mol. The maximum atomic E-state index is 13.2. The lowest BCUT2D eigenvalue weighted by molar-refractivity contribution is -0.687. The number of phenols is 2. The van der Waals surface area contributed by atoms with Crippen LogP contribution in [0.2, 0.25) is 0 Å². The first-order chi connectivity index (χ1) is 20.3. The molecule has 43 heavy (non-hydrogen) atoms. The number of thiazole rings is 1. The van der Waals surface area contributed by atoms with Gasteiger partial charge in [-0.2, -0.15) is 0 Å². The summed E-state index contributed by atoms with van der Waals surface area (Å²) in [5.41, 5.74) is 3.54. The highest BCUT2D eigenvalue weighted by Gasteiger charge is 2.53. The Morgan fingerprint density at radius 3 is 2.60 bits per heavy atom. The average Bonchev–Trinajstić information content (AvgIpc) is 3.37. The number of aliphatic carboxylic acids is 2. The summed E-state index contributed by atoms with van der Waals surface area (Å²) in [6.07, 6.45) is 3.32. The van der Waals surface area contributed by atoms with E-state index in [2.05, 4.69) is 15.5 Å². The van der Waals surface area contributed by atoms with Crippen LogP contribution in [-0.2, 0) is 30.6 Å². The number of hydrogen-bond donors (Lipinski definition) is 5. The molecule has 5 rings (SSSR count). The van der Waals surface area contributed by atoms with Crippen LogP contribution < -0.4 is 20.7 Å². The second kappa shape index (κ2) is 11.1. The molecule has 0 bridgehead atoms. The van der Waals surface area contributed by atoms with Gasteiger partial charge >= 0.3 is 5.97 Å². The van der Waals surface area contributed by atoms with Crippen molar-refractivity contribution in [1.82, 2.24) is 15.2 Å². The van der Waals surface area contributed by atoms with Crippen LogP contribution in [0.15, 0.2) is 52.4 Å². The lowest BCUT2D eigenvalue weighted by Crippen LogP contribution is -2.71. The molecular weight excluding hydrogens is 604 g/mol. The highest BCUT2D eigenvalue weighted by molar-refractivity contribution is 8.00. The number of oxime groups is 1. The normalized spacial score (nSPS) is 18.7. The number of thioether (sulfide) groups is 1. The van der Waals surface area contributed by atoms with Crippen LogP contribution >= 0.6 is 23.1 Å². The molecule has 3 aromatic rings. The number of β-lactam (4-membered cyclic amide) rings is 1. The molecule has 1 fully saturated rings. The number of fused-ring (bicyclic) bond motifs is 2. The molecule has 224 valence electrons. The number of rotatable bonds is 9. The first-order valence-electron chi connectivity index (χ1n) is 12.5. The first kappa shape index (κ1) is 29.6. The molecule has 0 unspecified atom stereocenters. The molecule has 17 heteroatoms. The summed E-state index contributed by atoms with van der Waals surface area (Å²) in [7, 11) is 0. The monoisotopic (exact) mass is 628 g/mol. The third-order valence-corrected chi connectivity index (χ3v) is 8.70. The van der Waals surface area contributed by atoms with Crippen molar-refractivity contribution in [2.75, 3.05) is 11.5 Å². The zero-order valence-corrected chi connectivity index (χ0v) is 24.1. The summed E-state index contributed by atoms with van der Waals surface area (Å²) < 4.78 is 1.67. The maximum Gasteiger partial charge on any atom is 0.350 e. The lowest BCUT2D eigenvalue weighted by Gasteiger charge is -2.50. The molecule has 2 aliphatic rings. The van der Waals surface area contributed by atoms with Crippen molar-refractivity contribution in [3.63, 3.8) is 0 Å². The highest BCUT2D eigenvalue weighted by Crippen LogP contribution is 2.40. The van der Waals surface area contributed by atoms with Gasteiger partial charge in [-0.05, 0) is 31.4 Å². The van der Waals surface area contributed by atoms with E-state index in [0.717, 1.165) is 16.2 Å². The van der Waals surface area contributed by atoms with Gasteiger partial charge in [0.15, 0.2) is 41.3 Å². The summed E-state index contributed by atoms with van der Waals surface area (Å²) in [6.45, 7) is 2.54. The second-order valence-electron chi connectivity index (χ2n) is 10.1. The largest absolute Gasteiger partial charge is 0.543 e. The van der Waals surface area contributed by atoms with E-state index in [4.69, 9.17) is 10.6 Å². The number of nitrogen functional groups attached to an aromatic ring is 1. The van der Waals surface area contributed by atoms with Gasteiger partial charge in [0.25, 0.3) is 11.8 Å². The topological polar surface area (TPSA) is 232 Å². The van der Waals surface area contributed by atoms with E-state index < -0.39 is 46.5 Å². The van der Waals surface area contributed by atoms with Gasteiger partial charge in [0.1, 0.15) is 17.1 Å². The van der Waals surface area contributed by atoms with Gasteiger partial charge in [0.05, 0.1) is 11.7 Å². The van der Waals surface area contributed by atoms with Crippen LogP contribution in [0.1, 0.15) is 19.5 Å². The molecule has 6 N–H and O–H groups in total. The third kappa shape index (κ3) is 5.63. The number of nitrogens with two attached hydrogens (primary N) is 1. The Balaban J connectivity index is 1.37. The Morgan fingerprint density at radius 1 is 1.28 bits per heavy atom. The zero-order valence-electron chi connectivity index (χ0n) is 22.5. The molecule has 1 saturated heterocycles. The summed E-state index contributed by atoms with van der Waals surface area (Å²) >= 11 is 2.23. The fraction of sp³-hybridized carbons (Fsp3) is 0.269. The van der Waals surface area contributed by atoms with Crippen LogP contribution in [0.3, 0.4) is 0 Å². The van der Waals surface area contributed by atoms with Crippen LogP contribution in [-0.4, -0.2) is 77.4 Å². The number of benzene rings is 1. The Labute approximate surface area is 250 Å². The number of anilines is 1. The summed E-state index contributed by atoms with van der Waals surface area (Å²) in [5.74, 6) is -4.90.